The van der Waals surface area contributed by atoms with Gasteiger partial charge in [-0.05, 0) is 72.2 Å². The van der Waals surface area contributed by atoms with Gasteiger partial charge in [0, 0.05) is 26.2 Å². The van der Waals surface area contributed by atoms with Crippen LogP contribution in [0.4, 0.5) is 0 Å². The molecular weight excluding hydrogens is 677 g/mol. The third kappa shape index (κ3) is 8.64. The van der Waals surface area contributed by atoms with E-state index in [1.54, 1.807) is 0 Å². The van der Waals surface area contributed by atoms with Crippen molar-refractivity contribution < 1.29 is 0 Å². The molecule has 0 atom stereocenters. The molecular formula is C40H48N14. The zero-order valence-electron chi connectivity index (χ0n) is 31.7. The van der Waals surface area contributed by atoms with Crippen LogP contribution in [0.25, 0.3) is 67.8 Å². The van der Waals surface area contributed by atoms with Gasteiger partial charge in [0.05, 0.1) is 47.6 Å². The van der Waals surface area contributed by atoms with Crippen LogP contribution in [0.5, 0.6) is 0 Å². The van der Waals surface area contributed by atoms with Crippen molar-refractivity contribution in [3.05, 3.63) is 73.3 Å². The zero-order valence-corrected chi connectivity index (χ0v) is 31.7. The highest BCUT2D eigenvalue weighted by Crippen LogP contribution is 2.33. The molecule has 54 heavy (non-hydrogen) atoms. The van der Waals surface area contributed by atoms with Gasteiger partial charge in [-0.25, -0.2) is 9.97 Å². The summed E-state index contributed by atoms with van der Waals surface area (Å²) in [7, 11) is 0. The summed E-state index contributed by atoms with van der Waals surface area (Å²) in [5.41, 5.74) is 9.89. The maximum Gasteiger partial charge on any atom is 0.131 e. The van der Waals surface area contributed by atoms with Gasteiger partial charge in [0.15, 0.2) is 0 Å². The zero-order chi connectivity index (χ0) is 37.3. The average molecular weight is 725 g/mol. The van der Waals surface area contributed by atoms with Crippen LogP contribution in [-0.2, 0) is 26.2 Å². The monoisotopic (exact) mass is 724 g/mol. The maximum atomic E-state index is 5.00. The highest BCUT2D eigenvalue weighted by molar-refractivity contribution is 5.78. The fraction of sp³-hybridized carbons (Fsp3) is 0.400. The number of nitrogens with zero attached hydrogens (tertiary/aromatic N) is 14. The van der Waals surface area contributed by atoms with Gasteiger partial charge in [-0.1, -0.05) is 98.5 Å². The van der Waals surface area contributed by atoms with Crippen molar-refractivity contribution in [1.82, 2.24) is 69.9 Å². The summed E-state index contributed by atoms with van der Waals surface area (Å²) in [4.78, 5) is 10.0. The summed E-state index contributed by atoms with van der Waals surface area (Å²) >= 11 is 0. The minimum Gasteiger partial charge on any atom is -0.252 e. The molecule has 6 aromatic heterocycles. The highest BCUT2D eigenvalue weighted by Gasteiger charge is 2.17. The summed E-state index contributed by atoms with van der Waals surface area (Å²) in [6.07, 6.45) is 16.3. The Morgan fingerprint density at radius 3 is 0.852 bits per heavy atom. The highest BCUT2D eigenvalue weighted by atomic mass is 15.4. The molecule has 0 bridgehead atoms. The van der Waals surface area contributed by atoms with Crippen molar-refractivity contribution in [2.45, 2.75) is 105 Å². The number of benzene rings is 1. The number of hydrogen-bond acceptors (Lipinski definition) is 10. The van der Waals surface area contributed by atoms with Crippen molar-refractivity contribution in [3.8, 4) is 67.8 Å². The molecule has 0 unspecified atom stereocenters. The quantitative estimate of drug-likeness (QED) is 0.0851. The van der Waals surface area contributed by atoms with Crippen LogP contribution in [0.3, 0.4) is 0 Å². The average Bonchev–Trinajstić information content (AvgIpc) is 4.05. The van der Waals surface area contributed by atoms with Crippen LogP contribution in [0, 0.1) is 0 Å². The molecule has 6 heterocycles. The topological polar surface area (TPSA) is 149 Å². The van der Waals surface area contributed by atoms with Crippen LogP contribution >= 0.6 is 0 Å². The van der Waals surface area contributed by atoms with Crippen LogP contribution in [0.15, 0.2) is 73.3 Å². The van der Waals surface area contributed by atoms with Crippen LogP contribution in [0.2, 0.25) is 0 Å². The second-order valence-electron chi connectivity index (χ2n) is 13.7. The molecule has 7 rings (SSSR count). The first kappa shape index (κ1) is 36.4. The molecule has 0 N–H and O–H groups in total. The van der Waals surface area contributed by atoms with Crippen molar-refractivity contribution in [2.75, 3.05) is 0 Å². The normalized spacial score (nSPS) is 11.5. The fourth-order valence-electron chi connectivity index (χ4n) is 6.16. The Hall–Kier alpha value is -5.92. The van der Waals surface area contributed by atoms with Gasteiger partial charge in [0.25, 0.3) is 0 Å². The first-order chi connectivity index (χ1) is 26.5. The predicted octanol–water partition coefficient (Wildman–Crippen LogP) is 8.05. The number of unbranched alkanes of at least 4 members (excludes halogenated alkanes) is 4. The van der Waals surface area contributed by atoms with E-state index < -0.39 is 0 Å². The van der Waals surface area contributed by atoms with Crippen LogP contribution in [-0.4, -0.2) is 69.9 Å². The molecule has 0 amide bonds. The second kappa shape index (κ2) is 17.3. The first-order valence-electron chi connectivity index (χ1n) is 19.3. The van der Waals surface area contributed by atoms with Crippen LogP contribution < -0.4 is 0 Å². The van der Waals surface area contributed by atoms with E-state index in [9.17, 15) is 0 Å². The van der Waals surface area contributed by atoms with Gasteiger partial charge in [-0.2, -0.15) is 0 Å². The number of aryl methyl sites for hydroxylation is 4. The predicted molar refractivity (Wildman–Crippen MR) is 209 cm³/mol. The number of pyridine rings is 2. The van der Waals surface area contributed by atoms with Crippen molar-refractivity contribution >= 4 is 0 Å². The third-order valence-corrected chi connectivity index (χ3v) is 9.37. The Bertz CT molecular complexity index is 1970. The van der Waals surface area contributed by atoms with Crippen molar-refractivity contribution in [2.24, 2.45) is 0 Å². The maximum absolute atomic E-state index is 5.00. The summed E-state index contributed by atoms with van der Waals surface area (Å²) < 4.78 is 7.55. The Balaban J connectivity index is 1.25. The molecule has 0 saturated carbocycles. The lowest BCUT2D eigenvalue weighted by molar-refractivity contribution is 0.553. The second-order valence-corrected chi connectivity index (χ2v) is 13.7. The molecule has 0 aliphatic heterocycles. The Kier molecular flexibility index (Phi) is 11.7. The SMILES string of the molecule is CCCCn1cc(-c2cc(-c3ccc(-c4cc(-c5cn(CCCC)nn5)nc(-c5cn(CCCC)nn5)c4)cc3)cc(-c3cn(CCCC)nn3)n2)nn1. The molecule has 0 aliphatic carbocycles. The lowest BCUT2D eigenvalue weighted by atomic mass is 9.98. The summed E-state index contributed by atoms with van der Waals surface area (Å²) in [6.45, 7) is 11.9. The molecule has 0 fully saturated rings. The van der Waals surface area contributed by atoms with E-state index in [0.29, 0.717) is 0 Å². The Labute approximate surface area is 315 Å². The van der Waals surface area contributed by atoms with Gasteiger partial charge in [-0.3, -0.25) is 18.7 Å². The van der Waals surface area contributed by atoms with Gasteiger partial charge in [0.1, 0.15) is 22.8 Å². The van der Waals surface area contributed by atoms with Crippen molar-refractivity contribution in [1.29, 1.82) is 0 Å². The summed E-state index contributed by atoms with van der Waals surface area (Å²) in [5.74, 6) is 0. The standard InChI is InChI=1S/C40H48N14/c1-5-9-17-51-25-37(43-47-51)33-21-31(22-34(41-33)38-26-52(48-44-38)18-10-6-2)29-13-15-30(16-14-29)32-23-35(39-27-53(49-45-39)19-11-7-3)42-36(24-32)40-28-54(50-46-40)20-12-8-4/h13-16,21-28H,5-12,17-20H2,1-4H3. The van der Waals surface area contributed by atoms with E-state index in [2.05, 4.69) is 117 Å². The number of hydrogen-bond donors (Lipinski definition) is 0. The van der Waals surface area contributed by atoms with Gasteiger partial charge in [0.2, 0.25) is 0 Å². The van der Waals surface area contributed by atoms with Crippen molar-refractivity contribution in [3.63, 3.8) is 0 Å². The summed E-state index contributed by atoms with van der Waals surface area (Å²) in [6, 6.07) is 16.8. The van der Waals surface area contributed by atoms with E-state index >= 15 is 0 Å². The molecule has 0 saturated heterocycles. The molecule has 0 aliphatic rings. The largest absolute Gasteiger partial charge is 0.252 e. The molecule has 0 spiro atoms. The third-order valence-electron chi connectivity index (χ3n) is 9.37. The molecule has 1 aromatic carbocycles. The van der Waals surface area contributed by atoms with Gasteiger partial charge in [-0.15, -0.1) is 20.4 Å². The first-order valence-corrected chi connectivity index (χ1v) is 19.3. The Morgan fingerprint density at radius 1 is 0.352 bits per heavy atom. The number of rotatable bonds is 18. The molecule has 7 aromatic rings. The smallest absolute Gasteiger partial charge is 0.131 e. The Morgan fingerprint density at radius 2 is 0.611 bits per heavy atom. The molecule has 0 radical (unpaired) electrons. The molecule has 14 heteroatoms. The minimum atomic E-state index is 0.722. The minimum absolute atomic E-state index is 0.722. The van der Waals surface area contributed by atoms with Gasteiger partial charge < -0.3 is 0 Å². The molecule has 278 valence electrons. The van der Waals surface area contributed by atoms with Gasteiger partial charge >= 0.3 is 0 Å². The lowest BCUT2D eigenvalue weighted by Crippen LogP contribution is -1.97. The lowest BCUT2D eigenvalue weighted by Gasteiger charge is -2.10. The summed E-state index contributed by atoms with van der Waals surface area (Å²) in [5, 5.41) is 35.5. The molecule has 14 nitrogen and oxygen atoms in total. The van der Waals surface area contributed by atoms with E-state index in [-0.39, 0.29) is 0 Å². The van der Waals surface area contributed by atoms with E-state index in [1.807, 2.05) is 43.5 Å². The van der Waals surface area contributed by atoms with E-state index in [1.165, 1.54) is 0 Å². The van der Waals surface area contributed by atoms with Crippen LogP contribution in [0.1, 0.15) is 79.1 Å². The van der Waals surface area contributed by atoms with E-state index in [4.69, 9.17) is 9.97 Å². The van der Waals surface area contributed by atoms with E-state index in [0.717, 1.165) is 145 Å². The number of aromatic nitrogens is 14. The fourth-order valence-corrected chi connectivity index (χ4v) is 6.16.